The minimum Gasteiger partial charge on any atom is -0.322 e. The van der Waals surface area contributed by atoms with E-state index in [1.165, 1.54) is 14.1 Å². The average Bonchev–Trinajstić information content (AvgIpc) is 2.50. The van der Waals surface area contributed by atoms with Crippen LogP contribution in [0.1, 0.15) is 10.4 Å². The number of nitrogens with zero attached hydrogens (tertiary/aromatic N) is 1. The molecule has 0 unspecified atom stereocenters. The zero-order valence-corrected chi connectivity index (χ0v) is 15.3. The third-order valence-corrected chi connectivity index (χ3v) is 5.79. The highest BCUT2D eigenvalue weighted by Crippen LogP contribution is 2.30. The predicted molar refractivity (Wildman–Crippen MR) is 91.6 cm³/mol. The molecular weight excluding hydrogens is 397 g/mol. The minimum absolute atomic E-state index is 0.0214. The van der Waals surface area contributed by atoms with E-state index < -0.39 is 27.6 Å². The van der Waals surface area contributed by atoms with Gasteiger partial charge in [0.1, 0.15) is 4.90 Å². The Morgan fingerprint density at radius 2 is 1.68 bits per heavy atom. The van der Waals surface area contributed by atoms with E-state index in [9.17, 15) is 22.0 Å². The Kier molecular flexibility index (Phi) is 5.68. The number of hydrogen-bond acceptors (Lipinski definition) is 3. The molecule has 0 saturated heterocycles. The van der Waals surface area contributed by atoms with Crippen LogP contribution in [0.4, 0.5) is 14.5 Å². The maximum atomic E-state index is 13.2. The number of carbonyl (C=O) groups excluding carboxylic acids is 1. The van der Waals surface area contributed by atoms with Crippen LogP contribution in [0.25, 0.3) is 0 Å². The highest BCUT2D eigenvalue weighted by Gasteiger charge is 2.24. The van der Waals surface area contributed by atoms with Gasteiger partial charge >= 0.3 is 0 Å². The molecule has 0 fully saturated rings. The van der Waals surface area contributed by atoms with Crippen molar-refractivity contribution in [2.45, 2.75) is 4.90 Å². The molecule has 0 aliphatic heterocycles. The molecule has 0 saturated carbocycles. The van der Waals surface area contributed by atoms with E-state index in [1.54, 1.807) is 0 Å². The third-order valence-electron chi connectivity index (χ3n) is 3.20. The molecule has 0 aromatic heterocycles. The van der Waals surface area contributed by atoms with Crippen LogP contribution < -0.4 is 5.32 Å². The molecule has 0 spiro atoms. The average molecular weight is 409 g/mol. The van der Waals surface area contributed by atoms with Crippen molar-refractivity contribution in [2.75, 3.05) is 19.4 Å². The van der Waals surface area contributed by atoms with Crippen LogP contribution in [0.5, 0.6) is 0 Å². The van der Waals surface area contributed by atoms with Gasteiger partial charge in [0.2, 0.25) is 10.0 Å². The van der Waals surface area contributed by atoms with Gasteiger partial charge in [-0.2, -0.15) is 0 Å². The van der Waals surface area contributed by atoms with Gasteiger partial charge in [-0.3, -0.25) is 4.79 Å². The van der Waals surface area contributed by atoms with Crippen molar-refractivity contribution in [2.24, 2.45) is 0 Å². The van der Waals surface area contributed by atoms with Crippen LogP contribution >= 0.6 is 23.2 Å². The molecule has 1 N–H and O–H groups in total. The maximum Gasteiger partial charge on any atom is 0.257 e. The summed E-state index contributed by atoms with van der Waals surface area (Å²) in [4.78, 5) is 12.0. The van der Waals surface area contributed by atoms with E-state index in [0.717, 1.165) is 34.6 Å². The predicted octanol–water partition coefficient (Wildman–Crippen LogP) is 3.77. The van der Waals surface area contributed by atoms with Gasteiger partial charge in [0.15, 0.2) is 11.6 Å². The standard InChI is InChI=1S/C15H12Cl2F2N2O3S/c1-21(2)25(23,24)14-6-9(10(16)7-11(14)17)15(22)20-8-3-4-12(18)13(19)5-8/h3-7H,1-2H3,(H,20,22). The number of sulfonamides is 1. The maximum absolute atomic E-state index is 13.2. The lowest BCUT2D eigenvalue weighted by Gasteiger charge is -2.15. The summed E-state index contributed by atoms with van der Waals surface area (Å²) in [5.74, 6) is -3.01. The lowest BCUT2D eigenvalue weighted by Crippen LogP contribution is -2.23. The van der Waals surface area contributed by atoms with E-state index in [2.05, 4.69) is 5.32 Å². The van der Waals surface area contributed by atoms with Gasteiger partial charge in [0, 0.05) is 25.8 Å². The highest BCUT2D eigenvalue weighted by molar-refractivity contribution is 7.89. The van der Waals surface area contributed by atoms with Gasteiger partial charge < -0.3 is 5.32 Å². The monoisotopic (exact) mass is 408 g/mol. The first-order valence-electron chi connectivity index (χ1n) is 6.72. The quantitative estimate of drug-likeness (QED) is 0.836. The normalized spacial score (nSPS) is 11.6. The number of benzene rings is 2. The SMILES string of the molecule is CN(C)S(=O)(=O)c1cc(C(=O)Nc2ccc(F)c(F)c2)c(Cl)cc1Cl. The summed E-state index contributed by atoms with van der Waals surface area (Å²) >= 11 is 11.9. The van der Waals surface area contributed by atoms with E-state index in [1.807, 2.05) is 0 Å². The molecule has 0 aliphatic carbocycles. The summed E-state index contributed by atoms with van der Waals surface area (Å²) in [5.41, 5.74) is -0.205. The van der Waals surface area contributed by atoms with Crippen LogP contribution in [-0.4, -0.2) is 32.7 Å². The zero-order chi connectivity index (χ0) is 18.9. The van der Waals surface area contributed by atoms with Crippen LogP contribution in [0.15, 0.2) is 35.2 Å². The van der Waals surface area contributed by atoms with E-state index in [-0.39, 0.29) is 26.2 Å². The molecule has 0 heterocycles. The van der Waals surface area contributed by atoms with E-state index >= 15 is 0 Å². The Morgan fingerprint density at radius 3 is 2.24 bits per heavy atom. The van der Waals surface area contributed by atoms with Crippen LogP contribution in [0.2, 0.25) is 10.0 Å². The second kappa shape index (κ2) is 7.25. The molecule has 10 heteroatoms. The molecule has 134 valence electrons. The molecular formula is C15H12Cl2F2N2O3S. The molecule has 2 aromatic rings. The smallest absolute Gasteiger partial charge is 0.257 e. The number of nitrogens with one attached hydrogen (secondary N) is 1. The summed E-state index contributed by atoms with van der Waals surface area (Å²) < 4.78 is 51.6. The zero-order valence-electron chi connectivity index (χ0n) is 13.0. The minimum atomic E-state index is -3.91. The topological polar surface area (TPSA) is 66.5 Å². The molecule has 0 bridgehead atoms. The van der Waals surface area contributed by atoms with Crippen LogP contribution in [0.3, 0.4) is 0 Å². The Balaban J connectivity index is 2.44. The van der Waals surface area contributed by atoms with Crippen LogP contribution in [0, 0.1) is 11.6 Å². The molecule has 0 atom stereocenters. The van der Waals surface area contributed by atoms with E-state index in [0.29, 0.717) is 0 Å². The summed E-state index contributed by atoms with van der Waals surface area (Å²) in [6, 6.07) is 4.93. The van der Waals surface area contributed by atoms with Crippen molar-refractivity contribution in [1.82, 2.24) is 4.31 Å². The number of anilines is 1. The van der Waals surface area contributed by atoms with Crippen LogP contribution in [-0.2, 0) is 10.0 Å². The van der Waals surface area contributed by atoms with Gasteiger partial charge in [-0.25, -0.2) is 21.5 Å². The van der Waals surface area contributed by atoms with Crippen molar-refractivity contribution in [3.63, 3.8) is 0 Å². The first-order valence-corrected chi connectivity index (χ1v) is 8.91. The molecule has 1 amide bonds. The Morgan fingerprint density at radius 1 is 1.04 bits per heavy atom. The largest absolute Gasteiger partial charge is 0.322 e. The fourth-order valence-electron chi connectivity index (χ4n) is 1.87. The molecule has 0 radical (unpaired) electrons. The van der Waals surface area contributed by atoms with Gasteiger partial charge in [0.25, 0.3) is 5.91 Å². The van der Waals surface area contributed by atoms with E-state index in [4.69, 9.17) is 23.2 Å². The van der Waals surface area contributed by atoms with Crippen molar-refractivity contribution in [1.29, 1.82) is 0 Å². The second-order valence-corrected chi connectivity index (χ2v) is 8.07. The van der Waals surface area contributed by atoms with Crippen molar-refractivity contribution in [3.05, 3.63) is 57.6 Å². The van der Waals surface area contributed by atoms with Gasteiger partial charge in [-0.15, -0.1) is 0 Å². The number of hydrogen-bond donors (Lipinski definition) is 1. The Hall–Kier alpha value is -1.74. The van der Waals surface area contributed by atoms with Gasteiger partial charge in [-0.1, -0.05) is 23.2 Å². The molecule has 25 heavy (non-hydrogen) atoms. The first kappa shape index (κ1) is 19.6. The summed E-state index contributed by atoms with van der Waals surface area (Å²) in [6.45, 7) is 0. The van der Waals surface area contributed by atoms with Crippen molar-refractivity contribution in [3.8, 4) is 0 Å². The second-order valence-electron chi connectivity index (χ2n) is 5.13. The lowest BCUT2D eigenvalue weighted by molar-refractivity contribution is 0.102. The lowest BCUT2D eigenvalue weighted by atomic mass is 10.2. The van der Waals surface area contributed by atoms with Crippen molar-refractivity contribution >= 4 is 44.8 Å². The summed E-state index contributed by atoms with van der Waals surface area (Å²) in [7, 11) is -1.30. The number of carbonyl (C=O) groups is 1. The molecule has 0 aliphatic rings. The number of amides is 1. The summed E-state index contributed by atoms with van der Waals surface area (Å²) in [5, 5.41) is 2.07. The summed E-state index contributed by atoms with van der Waals surface area (Å²) in [6.07, 6.45) is 0. The van der Waals surface area contributed by atoms with Crippen molar-refractivity contribution < 1.29 is 22.0 Å². The number of rotatable bonds is 4. The first-order chi connectivity index (χ1) is 11.5. The fourth-order valence-corrected chi connectivity index (χ4v) is 3.60. The third kappa shape index (κ3) is 4.09. The highest BCUT2D eigenvalue weighted by atomic mass is 35.5. The van der Waals surface area contributed by atoms with Gasteiger partial charge in [-0.05, 0) is 24.3 Å². The Bertz CT molecular complexity index is 950. The molecule has 2 aromatic carbocycles. The molecule has 2 rings (SSSR count). The fraction of sp³-hybridized carbons (Fsp3) is 0.133. The number of halogens is 4. The van der Waals surface area contributed by atoms with Gasteiger partial charge in [0.05, 0.1) is 15.6 Å². The molecule has 5 nitrogen and oxygen atoms in total. The Labute approximate surface area is 153 Å².